The molecule has 0 aromatic carbocycles. The fourth-order valence-electron chi connectivity index (χ4n) is 0. The van der Waals surface area contributed by atoms with Crippen molar-refractivity contribution in [3.8, 4) is 0 Å². The van der Waals surface area contributed by atoms with Crippen LogP contribution in [0.3, 0.4) is 0 Å². The molecule has 0 radical (unpaired) electrons. The minimum absolute atomic E-state index is 0. The van der Waals surface area contributed by atoms with E-state index < -0.39 is 6.10 Å². The van der Waals surface area contributed by atoms with E-state index >= 15 is 0 Å². The Labute approximate surface area is 59.4 Å². The molecule has 3 heteroatoms. The molecule has 0 aromatic rings. The Morgan fingerprint density at radius 3 is 1.33 bits per heavy atom. The molecule has 0 aliphatic rings. The molecule has 0 aliphatic heterocycles. The van der Waals surface area contributed by atoms with Gasteiger partial charge in [-0.05, 0) is 0 Å². The van der Waals surface area contributed by atoms with Gasteiger partial charge in [-0.3, -0.25) is 0 Å². The first kappa shape index (κ1) is 15.8. The summed E-state index contributed by atoms with van der Waals surface area (Å²) in [7, 11) is 0. The Kier molecular flexibility index (Phi) is 24.6. The molecular weight excluding hydrogens is 135 g/mol. The van der Waals surface area contributed by atoms with Gasteiger partial charge in [-0.2, -0.15) is 0 Å². The van der Waals surface area contributed by atoms with Gasteiger partial charge in [0.15, 0.2) is 0 Å². The average Bonchev–Trinajstić information content (AvgIpc) is 0.811. The van der Waals surface area contributed by atoms with Gasteiger partial charge in [-0.25, -0.2) is 0 Å². The van der Waals surface area contributed by atoms with Gasteiger partial charge in [0.25, 0.3) is 0 Å². The molecule has 6 heavy (non-hydrogen) atoms. The van der Waals surface area contributed by atoms with Crippen LogP contribution in [-0.2, 0) is 21.7 Å². The molecule has 0 heterocycles. The average molecular weight is 142 g/mol. The quantitative estimate of drug-likeness (QED) is 0.326. The van der Waals surface area contributed by atoms with Gasteiger partial charge in [-0.1, -0.05) is 13.8 Å². The van der Waals surface area contributed by atoms with E-state index in [1.54, 1.807) is 13.8 Å². The van der Waals surface area contributed by atoms with Gasteiger partial charge in [0.05, 0.1) is 0 Å². The van der Waals surface area contributed by atoms with Gasteiger partial charge in [-0.15, -0.1) is 6.10 Å². The Balaban J connectivity index is -0.0000000450. The molecule has 34 valence electrons. The third kappa shape index (κ3) is 83.9. The van der Waals surface area contributed by atoms with Gasteiger partial charge < -0.3 is 17.5 Å². The van der Waals surface area contributed by atoms with E-state index in [2.05, 4.69) is 0 Å². The summed E-state index contributed by atoms with van der Waals surface area (Å²) in [4.78, 5) is 0. The van der Waals surface area contributed by atoms with Crippen LogP contribution in [0.4, 0.5) is 0 Å². The predicted octanol–water partition coefficient (Wildman–Crippen LogP) is -3.24. The van der Waals surface area contributed by atoms with Crippen molar-refractivity contribution in [2.24, 2.45) is 0 Å². The van der Waals surface area contributed by atoms with Crippen LogP contribution < -0.4 is 17.5 Å². The first-order valence-electron chi connectivity index (χ1n) is 1.39. The largest absolute Gasteiger partial charge is 4.00 e. The summed E-state index contributed by atoms with van der Waals surface area (Å²) in [6.07, 6.45) is -0.417. The Morgan fingerprint density at radius 2 is 1.33 bits per heavy atom. The van der Waals surface area contributed by atoms with Crippen LogP contribution in [0.2, 0.25) is 0 Å². The zero-order chi connectivity index (χ0) is 3.58. The molecule has 1 nitrogen and oxygen atoms in total. The Bertz CT molecular complexity index is 15.5. The summed E-state index contributed by atoms with van der Waals surface area (Å²) < 4.78 is 0. The molecular formula is C3H7ClOTi+2. The summed E-state index contributed by atoms with van der Waals surface area (Å²) in [5, 5.41) is 9.53. The molecule has 0 fully saturated rings. The second kappa shape index (κ2) is 9.35. The SMILES string of the molecule is CC(C)[O-].[Cl-].[Ti+4]. The fraction of sp³-hybridized carbons (Fsp3) is 1.00. The van der Waals surface area contributed by atoms with Crippen molar-refractivity contribution in [2.75, 3.05) is 0 Å². The molecule has 0 aliphatic carbocycles. The van der Waals surface area contributed by atoms with E-state index in [0.717, 1.165) is 0 Å². The van der Waals surface area contributed by atoms with Crippen LogP contribution in [0.5, 0.6) is 0 Å². The predicted molar refractivity (Wildman–Crippen MR) is 15.1 cm³/mol. The van der Waals surface area contributed by atoms with Gasteiger partial charge in [0, 0.05) is 0 Å². The van der Waals surface area contributed by atoms with E-state index in [0.29, 0.717) is 0 Å². The summed E-state index contributed by atoms with van der Waals surface area (Å²) in [6, 6.07) is 0. The molecule has 0 bridgehead atoms. The third-order valence-electron chi connectivity index (χ3n) is 0. The maximum Gasteiger partial charge on any atom is 4.00 e. The van der Waals surface area contributed by atoms with Gasteiger partial charge in [0.2, 0.25) is 0 Å². The molecule has 0 N–H and O–H groups in total. The molecule has 0 rings (SSSR count). The normalized spacial score (nSPS) is 6.00. The van der Waals surface area contributed by atoms with E-state index in [4.69, 9.17) is 0 Å². The summed E-state index contributed by atoms with van der Waals surface area (Å²) in [5.74, 6) is 0. The Hall–Kier alpha value is 0.964. The number of hydrogen-bond donors (Lipinski definition) is 0. The summed E-state index contributed by atoms with van der Waals surface area (Å²) >= 11 is 0. The molecule has 0 saturated heterocycles. The third-order valence-corrected chi connectivity index (χ3v) is 0. The van der Waals surface area contributed by atoms with Crippen LogP contribution >= 0.6 is 0 Å². The minimum atomic E-state index is -0.417. The zero-order valence-corrected chi connectivity index (χ0v) is 6.18. The van der Waals surface area contributed by atoms with Crippen LogP contribution in [0, 0.1) is 0 Å². The monoisotopic (exact) mass is 142 g/mol. The summed E-state index contributed by atoms with van der Waals surface area (Å²) in [5.41, 5.74) is 0. The number of halogens is 1. The van der Waals surface area contributed by atoms with Crippen molar-refractivity contribution in [3.63, 3.8) is 0 Å². The van der Waals surface area contributed by atoms with Crippen LogP contribution in [0.1, 0.15) is 13.8 Å². The van der Waals surface area contributed by atoms with Crippen molar-refractivity contribution >= 4 is 0 Å². The number of rotatable bonds is 0. The topological polar surface area (TPSA) is 23.1 Å². The molecule has 0 amide bonds. The van der Waals surface area contributed by atoms with Gasteiger partial charge >= 0.3 is 21.7 Å². The van der Waals surface area contributed by atoms with Crippen LogP contribution in [0.25, 0.3) is 0 Å². The van der Waals surface area contributed by atoms with E-state index in [9.17, 15) is 5.11 Å². The first-order valence-corrected chi connectivity index (χ1v) is 1.39. The molecule has 0 atom stereocenters. The van der Waals surface area contributed by atoms with Crippen LogP contribution in [-0.4, -0.2) is 6.10 Å². The molecule has 0 saturated carbocycles. The van der Waals surface area contributed by atoms with E-state index in [-0.39, 0.29) is 34.1 Å². The maximum absolute atomic E-state index is 9.53. The van der Waals surface area contributed by atoms with Crippen molar-refractivity contribution in [2.45, 2.75) is 20.0 Å². The van der Waals surface area contributed by atoms with Crippen molar-refractivity contribution in [3.05, 3.63) is 0 Å². The van der Waals surface area contributed by atoms with E-state index in [1.165, 1.54) is 0 Å². The molecule has 0 unspecified atom stereocenters. The second-order valence-corrected chi connectivity index (χ2v) is 1.05. The standard InChI is InChI=1S/C3H7O.ClH.Ti/c1-3(2)4;;/h3H,1-2H3;1H;/q-1;;+4/p-1. The van der Waals surface area contributed by atoms with Crippen molar-refractivity contribution < 1.29 is 39.2 Å². The van der Waals surface area contributed by atoms with Crippen molar-refractivity contribution in [1.29, 1.82) is 0 Å². The fourth-order valence-corrected chi connectivity index (χ4v) is 0. The van der Waals surface area contributed by atoms with Gasteiger partial charge in [0.1, 0.15) is 0 Å². The second-order valence-electron chi connectivity index (χ2n) is 1.05. The maximum atomic E-state index is 9.53. The number of hydrogen-bond acceptors (Lipinski definition) is 1. The van der Waals surface area contributed by atoms with Crippen molar-refractivity contribution in [1.82, 2.24) is 0 Å². The minimum Gasteiger partial charge on any atom is -1.00 e. The Morgan fingerprint density at radius 1 is 1.33 bits per heavy atom. The zero-order valence-electron chi connectivity index (χ0n) is 3.86. The molecule has 0 aromatic heterocycles. The summed E-state index contributed by atoms with van der Waals surface area (Å²) in [6.45, 7) is 3.22. The first-order chi connectivity index (χ1) is 1.73. The smallest absolute Gasteiger partial charge is 1.00 e. The van der Waals surface area contributed by atoms with Crippen LogP contribution in [0.15, 0.2) is 0 Å². The molecule has 0 spiro atoms. The van der Waals surface area contributed by atoms with E-state index in [1.807, 2.05) is 0 Å².